The third-order valence-corrected chi connectivity index (χ3v) is 3.77. The minimum absolute atomic E-state index is 0.328. The molecule has 2 aromatic rings. The highest BCUT2D eigenvalue weighted by Crippen LogP contribution is 2.39. The monoisotopic (exact) mass is 224 g/mol. The molecule has 0 heterocycles. The summed E-state index contributed by atoms with van der Waals surface area (Å²) in [5.74, 6) is 1.35. The third-order valence-electron chi connectivity index (χ3n) is 3.77. The second kappa shape index (κ2) is 3.99. The van der Waals surface area contributed by atoms with Crippen molar-refractivity contribution in [2.75, 3.05) is 0 Å². The Morgan fingerprint density at radius 1 is 1.18 bits per heavy atom. The van der Waals surface area contributed by atoms with E-state index >= 15 is 0 Å². The zero-order chi connectivity index (χ0) is 11.8. The minimum atomic E-state index is 0.328. The van der Waals surface area contributed by atoms with Gasteiger partial charge in [0.25, 0.3) is 0 Å². The maximum Gasteiger partial charge on any atom is 0.140 e. The van der Waals surface area contributed by atoms with Crippen LogP contribution in [0.25, 0.3) is 10.8 Å². The maximum absolute atomic E-state index is 12.0. The average Bonchev–Trinajstić information content (AvgIpc) is 3.07. The molecule has 3 rings (SSSR count). The summed E-state index contributed by atoms with van der Waals surface area (Å²) in [6, 6.07) is 14.5. The lowest BCUT2D eigenvalue weighted by atomic mass is 9.99. The topological polar surface area (TPSA) is 17.1 Å². The van der Waals surface area contributed by atoms with Gasteiger partial charge in [-0.25, -0.2) is 0 Å². The molecule has 1 saturated carbocycles. The summed E-state index contributed by atoms with van der Waals surface area (Å²) in [6.07, 6.45) is 1.68. The quantitative estimate of drug-likeness (QED) is 0.778. The van der Waals surface area contributed by atoms with Gasteiger partial charge >= 0.3 is 0 Å². The second-order valence-electron chi connectivity index (χ2n) is 5.10. The molecule has 0 bridgehead atoms. The number of fused-ring (bicyclic) bond motifs is 1. The molecule has 2 aromatic carbocycles. The van der Waals surface area contributed by atoms with Crippen LogP contribution < -0.4 is 0 Å². The molecular weight excluding hydrogens is 208 g/mol. The Morgan fingerprint density at radius 2 is 1.88 bits per heavy atom. The molecule has 2 unspecified atom stereocenters. The van der Waals surface area contributed by atoms with E-state index in [-0.39, 0.29) is 0 Å². The zero-order valence-electron chi connectivity index (χ0n) is 10.0. The van der Waals surface area contributed by atoms with E-state index in [0.717, 1.165) is 6.42 Å². The number of carbonyl (C=O) groups is 1. The highest BCUT2D eigenvalue weighted by molar-refractivity contribution is 5.92. The Hall–Kier alpha value is -1.63. The van der Waals surface area contributed by atoms with Crippen molar-refractivity contribution in [3.8, 4) is 0 Å². The van der Waals surface area contributed by atoms with E-state index in [4.69, 9.17) is 0 Å². The van der Waals surface area contributed by atoms with Gasteiger partial charge < -0.3 is 0 Å². The molecule has 0 aliphatic heterocycles. The Labute approximate surface area is 101 Å². The summed E-state index contributed by atoms with van der Waals surface area (Å²) in [6.45, 7) is 2.16. The van der Waals surface area contributed by atoms with E-state index < -0.39 is 0 Å². The fourth-order valence-electron chi connectivity index (χ4n) is 2.54. The lowest BCUT2D eigenvalue weighted by molar-refractivity contribution is -0.119. The first-order valence-corrected chi connectivity index (χ1v) is 6.25. The van der Waals surface area contributed by atoms with E-state index in [1.54, 1.807) is 0 Å². The van der Waals surface area contributed by atoms with Gasteiger partial charge in [0.05, 0.1) is 0 Å². The minimum Gasteiger partial charge on any atom is -0.299 e. The molecule has 1 fully saturated rings. The summed E-state index contributed by atoms with van der Waals surface area (Å²) < 4.78 is 0. The molecule has 0 radical (unpaired) electrons. The van der Waals surface area contributed by atoms with Gasteiger partial charge in [-0.3, -0.25) is 4.79 Å². The van der Waals surface area contributed by atoms with Gasteiger partial charge in [-0.1, -0.05) is 49.4 Å². The molecule has 0 N–H and O–H groups in total. The molecule has 0 spiro atoms. The van der Waals surface area contributed by atoms with Gasteiger partial charge in [0, 0.05) is 12.3 Å². The Bertz CT molecular complexity index is 565. The lowest BCUT2D eigenvalue weighted by Gasteiger charge is -2.05. The molecule has 86 valence electrons. The van der Waals surface area contributed by atoms with Crippen LogP contribution in [0.4, 0.5) is 0 Å². The number of hydrogen-bond donors (Lipinski definition) is 0. The highest BCUT2D eigenvalue weighted by Gasteiger charge is 2.38. The number of benzene rings is 2. The van der Waals surface area contributed by atoms with E-state index in [2.05, 4.69) is 31.2 Å². The Kier molecular flexibility index (Phi) is 2.47. The zero-order valence-corrected chi connectivity index (χ0v) is 10.0. The molecule has 2 atom stereocenters. The fraction of sp³-hybridized carbons (Fsp3) is 0.312. The summed E-state index contributed by atoms with van der Waals surface area (Å²) in [7, 11) is 0. The van der Waals surface area contributed by atoms with Crippen molar-refractivity contribution in [2.24, 2.45) is 11.8 Å². The first kappa shape index (κ1) is 10.5. The number of hydrogen-bond acceptors (Lipinski definition) is 1. The molecule has 17 heavy (non-hydrogen) atoms. The molecule has 0 aromatic heterocycles. The van der Waals surface area contributed by atoms with Crippen molar-refractivity contribution < 1.29 is 4.79 Å². The molecule has 1 aliphatic rings. The van der Waals surface area contributed by atoms with Crippen LogP contribution in [-0.4, -0.2) is 5.78 Å². The highest BCUT2D eigenvalue weighted by atomic mass is 16.1. The lowest BCUT2D eigenvalue weighted by Crippen LogP contribution is -2.06. The Morgan fingerprint density at radius 3 is 2.65 bits per heavy atom. The van der Waals surface area contributed by atoms with Crippen LogP contribution in [-0.2, 0) is 11.2 Å². The first-order chi connectivity index (χ1) is 8.25. The van der Waals surface area contributed by atoms with E-state index in [9.17, 15) is 4.79 Å². The smallest absolute Gasteiger partial charge is 0.140 e. The summed E-state index contributed by atoms with van der Waals surface area (Å²) in [4.78, 5) is 12.0. The first-order valence-electron chi connectivity index (χ1n) is 6.25. The van der Waals surface area contributed by atoms with Crippen molar-refractivity contribution >= 4 is 16.6 Å². The van der Waals surface area contributed by atoms with Crippen molar-refractivity contribution in [3.05, 3.63) is 48.0 Å². The van der Waals surface area contributed by atoms with Crippen LogP contribution in [0.1, 0.15) is 18.9 Å². The van der Waals surface area contributed by atoms with E-state index in [1.807, 2.05) is 18.2 Å². The van der Waals surface area contributed by atoms with Gasteiger partial charge in [0.15, 0.2) is 0 Å². The molecule has 0 saturated heterocycles. The molecule has 1 nitrogen and oxygen atoms in total. The average molecular weight is 224 g/mol. The van der Waals surface area contributed by atoms with Crippen LogP contribution in [0, 0.1) is 11.8 Å². The predicted octanol–water partition coefficient (Wildman–Crippen LogP) is 3.61. The Balaban J connectivity index is 1.92. The summed E-state index contributed by atoms with van der Waals surface area (Å²) in [5, 5.41) is 2.44. The third kappa shape index (κ3) is 1.97. The molecular formula is C16H16O. The van der Waals surface area contributed by atoms with Crippen molar-refractivity contribution in [1.82, 2.24) is 0 Å². The van der Waals surface area contributed by atoms with E-state index in [1.165, 1.54) is 16.3 Å². The van der Waals surface area contributed by atoms with Crippen molar-refractivity contribution in [1.29, 1.82) is 0 Å². The van der Waals surface area contributed by atoms with Gasteiger partial charge in [0.1, 0.15) is 5.78 Å². The van der Waals surface area contributed by atoms with Crippen LogP contribution in [0.15, 0.2) is 42.5 Å². The number of ketones is 1. The van der Waals surface area contributed by atoms with E-state index in [0.29, 0.717) is 24.0 Å². The van der Waals surface area contributed by atoms with Crippen LogP contribution in [0.2, 0.25) is 0 Å². The number of carbonyl (C=O) groups excluding carboxylic acids is 1. The van der Waals surface area contributed by atoms with Crippen LogP contribution in [0.3, 0.4) is 0 Å². The predicted molar refractivity (Wildman–Crippen MR) is 69.9 cm³/mol. The molecule has 0 amide bonds. The SMILES string of the molecule is CC1CC1C(=O)Cc1cccc2ccccc12. The van der Waals surface area contributed by atoms with Crippen LogP contribution in [0.5, 0.6) is 0 Å². The van der Waals surface area contributed by atoms with Crippen molar-refractivity contribution in [3.63, 3.8) is 0 Å². The maximum atomic E-state index is 12.0. The normalized spacial score (nSPS) is 22.6. The van der Waals surface area contributed by atoms with Gasteiger partial charge in [-0.05, 0) is 28.7 Å². The molecule has 1 heteroatoms. The van der Waals surface area contributed by atoms with Gasteiger partial charge in [-0.2, -0.15) is 0 Å². The second-order valence-corrected chi connectivity index (χ2v) is 5.10. The van der Waals surface area contributed by atoms with Gasteiger partial charge in [-0.15, -0.1) is 0 Å². The van der Waals surface area contributed by atoms with Crippen molar-refractivity contribution in [2.45, 2.75) is 19.8 Å². The number of rotatable bonds is 3. The summed E-state index contributed by atoms with van der Waals surface area (Å²) in [5.41, 5.74) is 1.17. The largest absolute Gasteiger partial charge is 0.299 e. The fourth-order valence-corrected chi connectivity index (χ4v) is 2.54. The standard InChI is InChI=1S/C16H16O/c1-11-9-15(11)16(17)10-13-7-4-6-12-5-2-3-8-14(12)13/h2-8,11,15H,9-10H2,1H3. The van der Waals surface area contributed by atoms with Gasteiger partial charge in [0.2, 0.25) is 0 Å². The summed E-state index contributed by atoms with van der Waals surface area (Å²) >= 11 is 0. The number of Topliss-reactive ketones (excluding diaryl/α,β-unsaturated/α-hetero) is 1. The van der Waals surface area contributed by atoms with Crippen LogP contribution >= 0.6 is 0 Å². The molecule has 1 aliphatic carbocycles.